The van der Waals surface area contributed by atoms with Crippen LogP contribution < -0.4 is 15.0 Å². The van der Waals surface area contributed by atoms with Gasteiger partial charge in [0.15, 0.2) is 0 Å². The first-order valence-electron chi connectivity index (χ1n) is 5.82. The second-order valence-corrected chi connectivity index (χ2v) is 3.74. The summed E-state index contributed by atoms with van der Waals surface area (Å²) in [6.07, 6.45) is 1.24. The highest BCUT2D eigenvalue weighted by Gasteiger charge is 2.06. The maximum absolute atomic E-state index is 11.2. The van der Waals surface area contributed by atoms with Crippen LogP contribution in [0.1, 0.15) is 25.3 Å². The molecule has 0 saturated heterocycles. The van der Waals surface area contributed by atoms with E-state index in [9.17, 15) is 4.79 Å². The topological polar surface area (TPSA) is 56.8 Å². The maximum atomic E-state index is 11.2. The molecule has 0 fully saturated rings. The summed E-state index contributed by atoms with van der Waals surface area (Å²) in [7, 11) is 3.18. The number of benzene rings is 1. The Balaban J connectivity index is 2.57. The Hall–Kier alpha value is -1.75. The molecule has 1 aromatic rings. The van der Waals surface area contributed by atoms with E-state index in [1.54, 1.807) is 26.4 Å². The van der Waals surface area contributed by atoms with Crippen LogP contribution in [0.5, 0.6) is 11.5 Å². The van der Waals surface area contributed by atoms with Crippen molar-refractivity contribution in [1.82, 2.24) is 5.48 Å². The third kappa shape index (κ3) is 4.25. The first-order valence-corrected chi connectivity index (χ1v) is 5.82. The van der Waals surface area contributed by atoms with Crippen LogP contribution in [0.2, 0.25) is 0 Å². The number of nitrogens with one attached hydrogen (secondary N) is 1. The largest absolute Gasteiger partial charge is 0.497 e. The molecular weight excluding hydrogens is 234 g/mol. The molecule has 0 aliphatic rings. The van der Waals surface area contributed by atoms with Gasteiger partial charge in [-0.25, -0.2) is 5.48 Å². The molecule has 1 N–H and O–H groups in total. The van der Waals surface area contributed by atoms with Gasteiger partial charge in [0.05, 0.1) is 14.2 Å². The number of methoxy groups -OCH3 is 2. The highest BCUT2D eigenvalue weighted by Crippen LogP contribution is 2.24. The molecule has 100 valence electrons. The van der Waals surface area contributed by atoms with Crippen molar-refractivity contribution in [3.8, 4) is 11.5 Å². The highest BCUT2D eigenvalue weighted by molar-refractivity contribution is 5.74. The zero-order valence-corrected chi connectivity index (χ0v) is 11.0. The van der Waals surface area contributed by atoms with Crippen molar-refractivity contribution in [3.05, 3.63) is 23.8 Å². The first kappa shape index (κ1) is 14.3. The average molecular weight is 253 g/mol. The van der Waals surface area contributed by atoms with Crippen molar-refractivity contribution < 1.29 is 19.1 Å². The lowest BCUT2D eigenvalue weighted by Crippen LogP contribution is -2.23. The third-order valence-corrected chi connectivity index (χ3v) is 2.38. The Morgan fingerprint density at radius 1 is 1.28 bits per heavy atom. The molecule has 1 rings (SSSR count). The van der Waals surface area contributed by atoms with Gasteiger partial charge in [-0.3, -0.25) is 9.63 Å². The quantitative estimate of drug-likeness (QED) is 0.756. The van der Waals surface area contributed by atoms with E-state index in [0.717, 1.165) is 12.0 Å². The van der Waals surface area contributed by atoms with Gasteiger partial charge in [0.1, 0.15) is 18.1 Å². The number of carbonyl (C=O) groups excluding carboxylic acids is 1. The summed E-state index contributed by atoms with van der Waals surface area (Å²) in [5.74, 6) is 1.29. The van der Waals surface area contributed by atoms with Crippen LogP contribution in [0, 0.1) is 0 Å². The number of hydroxylamine groups is 1. The molecule has 1 aromatic carbocycles. The fraction of sp³-hybridized carbons (Fsp3) is 0.462. The Bertz CT molecular complexity index is 393. The van der Waals surface area contributed by atoms with Gasteiger partial charge in [-0.05, 0) is 24.6 Å². The Morgan fingerprint density at radius 2 is 2.06 bits per heavy atom. The lowest BCUT2D eigenvalue weighted by Gasteiger charge is -2.11. The Morgan fingerprint density at radius 3 is 2.67 bits per heavy atom. The number of amides is 1. The minimum Gasteiger partial charge on any atom is -0.497 e. The van der Waals surface area contributed by atoms with Gasteiger partial charge in [0, 0.05) is 12.0 Å². The standard InChI is InChI=1S/C13H19NO4/c1-4-5-13(15)14-18-9-10-8-11(16-2)6-7-12(10)17-3/h6-8H,4-5,9H2,1-3H3,(H,14,15). The SMILES string of the molecule is CCCC(=O)NOCc1cc(OC)ccc1OC. The van der Waals surface area contributed by atoms with Crippen LogP contribution in [-0.2, 0) is 16.2 Å². The van der Waals surface area contributed by atoms with Crippen molar-refractivity contribution in [2.45, 2.75) is 26.4 Å². The average Bonchev–Trinajstić information content (AvgIpc) is 2.39. The second-order valence-electron chi connectivity index (χ2n) is 3.74. The molecule has 18 heavy (non-hydrogen) atoms. The molecule has 5 nitrogen and oxygen atoms in total. The summed E-state index contributed by atoms with van der Waals surface area (Å²) >= 11 is 0. The van der Waals surface area contributed by atoms with Gasteiger partial charge in [0.2, 0.25) is 5.91 Å². The number of ether oxygens (including phenoxy) is 2. The van der Waals surface area contributed by atoms with Crippen LogP contribution in [0.4, 0.5) is 0 Å². The minimum absolute atomic E-state index is 0.126. The molecule has 0 radical (unpaired) electrons. The summed E-state index contributed by atoms with van der Waals surface area (Å²) in [6, 6.07) is 5.41. The van der Waals surface area contributed by atoms with Crippen molar-refractivity contribution in [2.75, 3.05) is 14.2 Å². The number of hydrogen-bond donors (Lipinski definition) is 1. The van der Waals surface area contributed by atoms with E-state index < -0.39 is 0 Å². The first-order chi connectivity index (χ1) is 8.71. The van der Waals surface area contributed by atoms with Crippen LogP contribution in [-0.4, -0.2) is 20.1 Å². The molecule has 0 spiro atoms. The van der Waals surface area contributed by atoms with Gasteiger partial charge in [0.25, 0.3) is 0 Å². The number of hydrogen-bond acceptors (Lipinski definition) is 4. The van der Waals surface area contributed by atoms with Gasteiger partial charge < -0.3 is 9.47 Å². The summed E-state index contributed by atoms with van der Waals surface area (Å²) in [5.41, 5.74) is 3.20. The maximum Gasteiger partial charge on any atom is 0.243 e. The van der Waals surface area contributed by atoms with Crippen LogP contribution in [0.15, 0.2) is 18.2 Å². The Kier molecular flexibility index (Phi) is 6.00. The normalized spacial score (nSPS) is 9.94. The molecule has 1 amide bonds. The number of carbonyl (C=O) groups is 1. The Labute approximate surface area is 107 Å². The monoisotopic (exact) mass is 253 g/mol. The molecule has 0 heterocycles. The van der Waals surface area contributed by atoms with E-state index in [0.29, 0.717) is 17.9 Å². The molecule has 0 aromatic heterocycles. The fourth-order valence-corrected chi connectivity index (χ4v) is 1.47. The second kappa shape index (κ2) is 7.55. The zero-order valence-electron chi connectivity index (χ0n) is 11.0. The van der Waals surface area contributed by atoms with Gasteiger partial charge in [-0.15, -0.1) is 0 Å². The highest BCUT2D eigenvalue weighted by atomic mass is 16.7. The van der Waals surface area contributed by atoms with Crippen LogP contribution >= 0.6 is 0 Å². The molecule has 5 heteroatoms. The van der Waals surface area contributed by atoms with Crippen molar-refractivity contribution in [3.63, 3.8) is 0 Å². The summed E-state index contributed by atoms with van der Waals surface area (Å²) in [4.78, 5) is 16.4. The van der Waals surface area contributed by atoms with E-state index in [-0.39, 0.29) is 12.5 Å². The third-order valence-electron chi connectivity index (χ3n) is 2.38. The van der Waals surface area contributed by atoms with Crippen LogP contribution in [0.25, 0.3) is 0 Å². The van der Waals surface area contributed by atoms with E-state index in [1.165, 1.54) is 0 Å². The lowest BCUT2D eigenvalue weighted by atomic mass is 10.2. The zero-order chi connectivity index (χ0) is 13.4. The molecular formula is C13H19NO4. The van der Waals surface area contributed by atoms with Gasteiger partial charge in [-0.2, -0.15) is 0 Å². The molecule has 0 aliphatic heterocycles. The predicted molar refractivity (Wildman–Crippen MR) is 67.4 cm³/mol. The van der Waals surface area contributed by atoms with E-state index in [4.69, 9.17) is 14.3 Å². The fourth-order valence-electron chi connectivity index (χ4n) is 1.47. The summed E-state index contributed by atoms with van der Waals surface area (Å²) in [5, 5.41) is 0. The van der Waals surface area contributed by atoms with Crippen LogP contribution in [0.3, 0.4) is 0 Å². The summed E-state index contributed by atoms with van der Waals surface area (Å²) < 4.78 is 10.3. The van der Waals surface area contributed by atoms with Crippen molar-refractivity contribution >= 4 is 5.91 Å². The van der Waals surface area contributed by atoms with Crippen molar-refractivity contribution in [2.24, 2.45) is 0 Å². The molecule has 0 aliphatic carbocycles. The van der Waals surface area contributed by atoms with Crippen molar-refractivity contribution in [1.29, 1.82) is 0 Å². The molecule has 0 unspecified atom stereocenters. The molecule has 0 atom stereocenters. The van der Waals surface area contributed by atoms with E-state index in [1.807, 2.05) is 13.0 Å². The van der Waals surface area contributed by atoms with E-state index >= 15 is 0 Å². The predicted octanol–water partition coefficient (Wildman–Crippen LogP) is 2.05. The van der Waals surface area contributed by atoms with Gasteiger partial charge >= 0.3 is 0 Å². The smallest absolute Gasteiger partial charge is 0.243 e. The minimum atomic E-state index is -0.126. The van der Waals surface area contributed by atoms with Gasteiger partial charge in [-0.1, -0.05) is 6.92 Å². The molecule has 0 saturated carbocycles. The lowest BCUT2D eigenvalue weighted by molar-refractivity contribution is -0.134. The van der Waals surface area contributed by atoms with E-state index in [2.05, 4.69) is 5.48 Å². The number of rotatable bonds is 7. The molecule has 0 bridgehead atoms. The summed E-state index contributed by atoms with van der Waals surface area (Å²) in [6.45, 7) is 2.17.